The van der Waals surface area contributed by atoms with Crippen LogP contribution in [0.5, 0.6) is 0 Å². The van der Waals surface area contributed by atoms with E-state index < -0.39 is 24.0 Å². The van der Waals surface area contributed by atoms with E-state index in [4.69, 9.17) is 10.8 Å². The predicted octanol–water partition coefficient (Wildman–Crippen LogP) is -0.384. The third kappa shape index (κ3) is 5.37. The van der Waals surface area contributed by atoms with Crippen LogP contribution in [0, 0.1) is 0 Å². The van der Waals surface area contributed by atoms with Gasteiger partial charge in [-0.1, -0.05) is 11.8 Å². The zero-order valence-corrected chi connectivity index (χ0v) is 13.1. The van der Waals surface area contributed by atoms with Crippen LogP contribution in [0.3, 0.4) is 0 Å². The Morgan fingerprint density at radius 2 is 2.00 bits per heavy atom. The minimum absolute atomic E-state index is 0.194. The Labute approximate surface area is 126 Å². The molecule has 2 atom stereocenters. The van der Waals surface area contributed by atoms with E-state index in [-0.39, 0.29) is 5.75 Å². The van der Waals surface area contributed by atoms with Crippen molar-refractivity contribution in [3.8, 4) is 0 Å². The highest BCUT2D eigenvalue weighted by molar-refractivity contribution is 7.99. The minimum Gasteiger partial charge on any atom is -0.480 e. The van der Waals surface area contributed by atoms with E-state index in [9.17, 15) is 14.7 Å². The van der Waals surface area contributed by atoms with Crippen LogP contribution in [0.1, 0.15) is 5.69 Å². The molecular formula is C12H21N4O4S+. The molecule has 0 aromatic carbocycles. The van der Waals surface area contributed by atoms with Crippen molar-refractivity contribution in [1.82, 2.24) is 9.97 Å². The Balaban J connectivity index is 2.66. The number of hydrogen-bond donors (Lipinski definition) is 4. The first kappa shape index (κ1) is 17.5. The number of aromatic amines is 1. The maximum absolute atomic E-state index is 11.3. The lowest BCUT2D eigenvalue weighted by Gasteiger charge is -2.30. The quantitative estimate of drug-likeness (QED) is 0.380. The second-order valence-electron chi connectivity index (χ2n) is 5.64. The van der Waals surface area contributed by atoms with Gasteiger partial charge >= 0.3 is 11.9 Å². The van der Waals surface area contributed by atoms with Crippen molar-refractivity contribution in [2.75, 3.05) is 26.9 Å². The van der Waals surface area contributed by atoms with E-state index >= 15 is 0 Å². The highest BCUT2D eigenvalue weighted by Crippen LogP contribution is 2.17. The van der Waals surface area contributed by atoms with Crippen molar-refractivity contribution >= 4 is 23.7 Å². The summed E-state index contributed by atoms with van der Waals surface area (Å²) >= 11 is 1.20. The average molecular weight is 317 g/mol. The Kier molecular flexibility index (Phi) is 5.76. The fourth-order valence-electron chi connectivity index (χ4n) is 1.66. The van der Waals surface area contributed by atoms with Gasteiger partial charge in [0, 0.05) is 17.6 Å². The molecule has 0 amide bonds. The molecule has 9 heteroatoms. The predicted molar refractivity (Wildman–Crippen MR) is 78.1 cm³/mol. The van der Waals surface area contributed by atoms with Gasteiger partial charge in [0.05, 0.1) is 27.6 Å². The molecule has 1 aromatic rings. The highest BCUT2D eigenvalue weighted by atomic mass is 32.2. The van der Waals surface area contributed by atoms with Crippen LogP contribution in [0.2, 0.25) is 0 Å². The molecule has 1 heterocycles. The Morgan fingerprint density at radius 3 is 2.48 bits per heavy atom. The summed E-state index contributed by atoms with van der Waals surface area (Å²) in [5, 5.41) is 18.5. The number of nitrogens with one attached hydrogen (secondary N) is 1. The molecule has 0 aliphatic rings. The first-order valence-corrected chi connectivity index (χ1v) is 7.28. The van der Waals surface area contributed by atoms with Crippen molar-refractivity contribution < 1.29 is 24.3 Å². The van der Waals surface area contributed by atoms with E-state index in [2.05, 4.69) is 9.97 Å². The molecule has 1 unspecified atom stereocenters. The van der Waals surface area contributed by atoms with Crippen molar-refractivity contribution in [3.63, 3.8) is 0 Å². The molecule has 8 nitrogen and oxygen atoms in total. The lowest BCUT2D eigenvalue weighted by Crippen LogP contribution is -2.51. The van der Waals surface area contributed by atoms with E-state index in [0.717, 1.165) is 0 Å². The monoisotopic (exact) mass is 317 g/mol. The molecule has 0 aliphatic carbocycles. The van der Waals surface area contributed by atoms with E-state index in [1.165, 1.54) is 11.8 Å². The van der Waals surface area contributed by atoms with Gasteiger partial charge in [0.25, 0.3) is 0 Å². The summed E-state index contributed by atoms with van der Waals surface area (Å²) in [6.07, 6.45) is 1.89. The summed E-state index contributed by atoms with van der Waals surface area (Å²) in [6.45, 7) is 0. The van der Waals surface area contributed by atoms with Gasteiger partial charge in [0.15, 0.2) is 11.2 Å². The number of quaternary nitrogens is 1. The number of imidazole rings is 1. The number of carbonyl (C=O) groups is 2. The number of rotatable bonds is 8. The molecule has 0 radical (unpaired) electrons. The highest BCUT2D eigenvalue weighted by Gasteiger charge is 2.32. The van der Waals surface area contributed by atoms with Crippen LogP contribution in [0.15, 0.2) is 11.4 Å². The molecule has 21 heavy (non-hydrogen) atoms. The fraction of sp³-hybridized carbons (Fsp3) is 0.583. The van der Waals surface area contributed by atoms with Gasteiger partial charge in [-0.15, -0.1) is 0 Å². The van der Waals surface area contributed by atoms with Gasteiger partial charge in [-0.3, -0.25) is 4.79 Å². The molecule has 0 saturated heterocycles. The number of thioether (sulfide) groups is 1. The molecule has 1 aromatic heterocycles. The lowest BCUT2D eigenvalue weighted by atomic mass is 10.1. The molecule has 0 spiro atoms. The summed E-state index contributed by atoms with van der Waals surface area (Å²) in [5.74, 6) is -1.75. The van der Waals surface area contributed by atoms with Crippen LogP contribution in [-0.2, 0) is 16.0 Å². The standard InChI is InChI=1S/C12H20N4O4S/c1-16(2,3)9(11(19)20)4-7-5-14-12(15-7)21-6-8(13)10(17)18/h5,8-9H,4,6,13H2,1-3H3,(H2-,14,15,17,18,19,20)/p+1/t8?,9-/m0/s1. The molecular weight excluding hydrogens is 296 g/mol. The molecule has 118 valence electrons. The normalized spacial score (nSPS) is 14.7. The fourth-order valence-corrected chi connectivity index (χ4v) is 2.47. The van der Waals surface area contributed by atoms with Crippen molar-refractivity contribution in [3.05, 3.63) is 11.9 Å². The largest absolute Gasteiger partial charge is 0.480 e. The third-order valence-electron chi connectivity index (χ3n) is 2.96. The van der Waals surface area contributed by atoms with Crippen LogP contribution < -0.4 is 5.73 Å². The third-order valence-corrected chi connectivity index (χ3v) is 3.96. The van der Waals surface area contributed by atoms with Gasteiger partial charge in [-0.05, 0) is 0 Å². The summed E-state index contributed by atoms with van der Waals surface area (Å²) in [7, 11) is 5.45. The van der Waals surface area contributed by atoms with Gasteiger partial charge in [0.1, 0.15) is 6.04 Å². The van der Waals surface area contributed by atoms with Crippen LogP contribution in [-0.4, -0.2) is 75.6 Å². The number of nitrogens with zero attached hydrogens (tertiary/aromatic N) is 2. The second kappa shape index (κ2) is 6.92. The minimum atomic E-state index is -1.06. The summed E-state index contributed by atoms with van der Waals surface area (Å²) < 4.78 is 0.292. The Morgan fingerprint density at radius 1 is 1.38 bits per heavy atom. The lowest BCUT2D eigenvalue weighted by molar-refractivity contribution is -0.887. The van der Waals surface area contributed by atoms with Crippen LogP contribution in [0.25, 0.3) is 0 Å². The van der Waals surface area contributed by atoms with Crippen LogP contribution >= 0.6 is 11.8 Å². The Bertz CT molecular complexity index is 512. The van der Waals surface area contributed by atoms with Gasteiger partial charge < -0.3 is 25.4 Å². The summed E-state index contributed by atoms with van der Waals surface area (Å²) in [6, 6.07) is -1.55. The first-order chi connectivity index (χ1) is 9.61. The number of aromatic nitrogens is 2. The van der Waals surface area contributed by atoms with Crippen LogP contribution in [0.4, 0.5) is 0 Å². The van der Waals surface area contributed by atoms with E-state index in [1.807, 2.05) is 21.1 Å². The number of carboxylic acid groups (broad SMARTS) is 2. The summed E-state index contributed by atoms with van der Waals surface area (Å²) in [4.78, 5) is 29.0. The zero-order valence-electron chi connectivity index (χ0n) is 12.2. The van der Waals surface area contributed by atoms with E-state index in [1.54, 1.807) is 6.20 Å². The number of aliphatic carboxylic acids is 2. The number of carboxylic acids is 2. The van der Waals surface area contributed by atoms with Crippen molar-refractivity contribution in [1.29, 1.82) is 0 Å². The number of nitrogens with two attached hydrogens (primary N) is 1. The Hall–Kier alpha value is -1.58. The first-order valence-electron chi connectivity index (χ1n) is 6.30. The van der Waals surface area contributed by atoms with Crippen molar-refractivity contribution in [2.24, 2.45) is 5.73 Å². The van der Waals surface area contributed by atoms with Gasteiger partial charge in [-0.2, -0.15) is 0 Å². The van der Waals surface area contributed by atoms with E-state index in [0.29, 0.717) is 21.8 Å². The van der Waals surface area contributed by atoms with Gasteiger partial charge in [-0.25, -0.2) is 9.78 Å². The van der Waals surface area contributed by atoms with Gasteiger partial charge in [0.2, 0.25) is 0 Å². The molecule has 0 saturated carbocycles. The SMILES string of the molecule is C[N+](C)(C)[C@@H](Cc1cnc(SCC(N)C(=O)O)[nH]1)C(=O)O. The smallest absolute Gasteiger partial charge is 0.362 e. The summed E-state index contributed by atoms with van der Waals surface area (Å²) in [5.41, 5.74) is 6.10. The molecule has 0 fully saturated rings. The second-order valence-corrected chi connectivity index (χ2v) is 6.65. The average Bonchev–Trinajstić information content (AvgIpc) is 2.78. The molecule has 0 aliphatic heterocycles. The zero-order chi connectivity index (χ0) is 16.2. The maximum atomic E-state index is 11.3. The molecule has 1 rings (SSSR count). The number of H-pyrrole nitrogens is 1. The van der Waals surface area contributed by atoms with Crippen molar-refractivity contribution in [2.45, 2.75) is 23.7 Å². The topological polar surface area (TPSA) is 129 Å². The molecule has 0 bridgehead atoms. The number of likely N-dealkylation sites (N-methyl/N-ethyl adjacent to an activating group) is 1. The molecule has 5 N–H and O–H groups in total. The number of hydrogen-bond acceptors (Lipinski definition) is 5. The maximum Gasteiger partial charge on any atom is 0.362 e.